The zero-order valence-electron chi connectivity index (χ0n) is 12.2. The van der Waals surface area contributed by atoms with E-state index in [-0.39, 0.29) is 11.5 Å². The molecule has 0 aliphatic carbocycles. The van der Waals surface area contributed by atoms with E-state index in [0.717, 1.165) is 56.8 Å². The van der Waals surface area contributed by atoms with Crippen LogP contribution in [-0.2, 0) is 15.9 Å². The number of ether oxygens (including phenoxy) is 3. The average molecular weight is 290 g/mol. The molecule has 0 saturated carbocycles. The smallest absolute Gasteiger partial charge is 0.122 e. The Bertz CT molecular complexity index is 522. The summed E-state index contributed by atoms with van der Waals surface area (Å²) in [5.41, 5.74) is 2.08. The summed E-state index contributed by atoms with van der Waals surface area (Å²) in [4.78, 5) is 0. The lowest BCUT2D eigenvalue weighted by molar-refractivity contribution is -0.117. The number of aliphatic hydroxyl groups is 1. The number of fused-ring (bicyclic) bond motifs is 1. The van der Waals surface area contributed by atoms with Crippen molar-refractivity contribution in [3.63, 3.8) is 0 Å². The molecule has 3 aliphatic heterocycles. The van der Waals surface area contributed by atoms with Gasteiger partial charge in [-0.15, -0.1) is 0 Å². The lowest BCUT2D eigenvalue weighted by atomic mass is 9.80. The van der Waals surface area contributed by atoms with Gasteiger partial charge in [0.1, 0.15) is 5.75 Å². The molecule has 21 heavy (non-hydrogen) atoms. The van der Waals surface area contributed by atoms with Crippen LogP contribution in [0.1, 0.15) is 36.5 Å². The molecule has 0 amide bonds. The zero-order valence-corrected chi connectivity index (χ0v) is 12.2. The number of hydrogen-bond acceptors (Lipinski definition) is 4. The minimum atomic E-state index is -0.419. The van der Waals surface area contributed by atoms with Crippen LogP contribution in [0, 0.1) is 5.92 Å². The summed E-state index contributed by atoms with van der Waals surface area (Å²) in [6.07, 6.45) is 3.28. The first kappa shape index (κ1) is 13.6. The van der Waals surface area contributed by atoms with Crippen molar-refractivity contribution in [3.8, 4) is 5.75 Å². The Morgan fingerprint density at radius 3 is 3.05 bits per heavy atom. The normalized spacial score (nSPS) is 32.9. The first-order chi connectivity index (χ1) is 10.3. The van der Waals surface area contributed by atoms with Crippen molar-refractivity contribution in [2.45, 2.75) is 37.4 Å². The van der Waals surface area contributed by atoms with Gasteiger partial charge in [0.15, 0.2) is 0 Å². The maximum absolute atomic E-state index is 10.8. The molecule has 1 spiro atoms. The summed E-state index contributed by atoms with van der Waals surface area (Å²) in [6.45, 7) is 2.93. The third-order valence-corrected chi connectivity index (χ3v) is 5.10. The van der Waals surface area contributed by atoms with E-state index in [1.807, 2.05) is 12.1 Å². The monoisotopic (exact) mass is 290 g/mol. The van der Waals surface area contributed by atoms with Crippen LogP contribution >= 0.6 is 0 Å². The maximum atomic E-state index is 10.8. The highest BCUT2D eigenvalue weighted by Gasteiger charge is 2.43. The van der Waals surface area contributed by atoms with Crippen LogP contribution in [0.4, 0.5) is 0 Å². The highest BCUT2D eigenvalue weighted by Crippen LogP contribution is 2.41. The summed E-state index contributed by atoms with van der Waals surface area (Å²) in [7, 11) is 0. The first-order valence-corrected chi connectivity index (χ1v) is 7.91. The molecule has 4 nitrogen and oxygen atoms in total. The van der Waals surface area contributed by atoms with Crippen LogP contribution in [-0.4, -0.2) is 37.1 Å². The van der Waals surface area contributed by atoms with Crippen LogP contribution in [0.15, 0.2) is 18.2 Å². The Labute approximate surface area is 125 Å². The molecule has 4 heteroatoms. The van der Waals surface area contributed by atoms with E-state index >= 15 is 0 Å². The first-order valence-electron chi connectivity index (χ1n) is 7.91. The van der Waals surface area contributed by atoms with Gasteiger partial charge >= 0.3 is 0 Å². The topological polar surface area (TPSA) is 47.9 Å². The molecule has 3 atom stereocenters. The second-order valence-corrected chi connectivity index (χ2v) is 6.50. The molecule has 1 aromatic carbocycles. The standard InChI is InChI=1S/C17H22O4/c18-16(13-1-2-15-12(9-13)3-6-20-15)14-4-7-21-17(10-14)5-8-19-11-17/h1-2,9,14,16,18H,3-8,10-11H2. The molecule has 0 bridgehead atoms. The molecule has 2 saturated heterocycles. The van der Waals surface area contributed by atoms with Crippen LogP contribution in [0.2, 0.25) is 0 Å². The number of rotatable bonds is 2. The Kier molecular flexibility index (Phi) is 3.40. The predicted molar refractivity (Wildman–Crippen MR) is 77.4 cm³/mol. The molecule has 3 aliphatic rings. The van der Waals surface area contributed by atoms with Crippen molar-refractivity contribution in [2.75, 3.05) is 26.4 Å². The molecule has 2 fully saturated rings. The molecule has 1 aromatic rings. The number of hydrogen-bond donors (Lipinski definition) is 1. The van der Waals surface area contributed by atoms with Crippen molar-refractivity contribution in [1.82, 2.24) is 0 Å². The summed E-state index contributed by atoms with van der Waals surface area (Å²) in [5, 5.41) is 10.8. The average Bonchev–Trinajstić information content (AvgIpc) is 3.15. The van der Waals surface area contributed by atoms with E-state index in [1.165, 1.54) is 5.56 Å². The van der Waals surface area contributed by atoms with Crippen molar-refractivity contribution in [1.29, 1.82) is 0 Å². The Hall–Kier alpha value is -1.10. The van der Waals surface area contributed by atoms with Crippen LogP contribution in [0.3, 0.4) is 0 Å². The van der Waals surface area contributed by atoms with Gasteiger partial charge in [-0.25, -0.2) is 0 Å². The second-order valence-electron chi connectivity index (χ2n) is 6.50. The Balaban J connectivity index is 1.52. The summed E-state index contributed by atoms with van der Waals surface area (Å²) >= 11 is 0. The number of aliphatic hydroxyl groups excluding tert-OH is 1. The lowest BCUT2D eigenvalue weighted by Crippen LogP contribution is -2.41. The van der Waals surface area contributed by atoms with Gasteiger partial charge in [0.25, 0.3) is 0 Å². The minimum Gasteiger partial charge on any atom is -0.493 e. The van der Waals surface area contributed by atoms with E-state index in [4.69, 9.17) is 14.2 Å². The zero-order chi connectivity index (χ0) is 14.3. The van der Waals surface area contributed by atoms with Crippen LogP contribution in [0.25, 0.3) is 0 Å². The molecular weight excluding hydrogens is 268 g/mol. The van der Waals surface area contributed by atoms with Crippen molar-refractivity contribution >= 4 is 0 Å². The second kappa shape index (κ2) is 5.27. The SMILES string of the molecule is OC(c1ccc2c(c1)CCO2)C1CCOC2(CCOC2)C1. The predicted octanol–water partition coefficient (Wildman–Crippen LogP) is 2.24. The van der Waals surface area contributed by atoms with Gasteiger partial charge in [-0.2, -0.15) is 0 Å². The molecule has 4 rings (SSSR count). The summed E-state index contributed by atoms with van der Waals surface area (Å²) < 4.78 is 17.0. The fourth-order valence-corrected chi connectivity index (χ4v) is 3.86. The highest BCUT2D eigenvalue weighted by atomic mass is 16.6. The van der Waals surface area contributed by atoms with Gasteiger partial charge in [-0.1, -0.05) is 6.07 Å². The third kappa shape index (κ3) is 2.45. The van der Waals surface area contributed by atoms with E-state index in [0.29, 0.717) is 6.61 Å². The summed E-state index contributed by atoms with van der Waals surface area (Å²) in [5.74, 6) is 1.22. The van der Waals surface area contributed by atoms with Crippen LogP contribution in [0.5, 0.6) is 5.75 Å². The molecule has 0 radical (unpaired) electrons. The minimum absolute atomic E-state index is 0.149. The molecule has 1 N–H and O–H groups in total. The van der Waals surface area contributed by atoms with Gasteiger partial charge in [0, 0.05) is 26.1 Å². The largest absolute Gasteiger partial charge is 0.493 e. The van der Waals surface area contributed by atoms with Gasteiger partial charge in [-0.3, -0.25) is 0 Å². The fourth-order valence-electron chi connectivity index (χ4n) is 3.86. The van der Waals surface area contributed by atoms with Crippen LogP contribution < -0.4 is 4.74 Å². The lowest BCUT2D eigenvalue weighted by Gasteiger charge is -2.39. The molecule has 3 heterocycles. The highest BCUT2D eigenvalue weighted by molar-refractivity contribution is 5.40. The summed E-state index contributed by atoms with van der Waals surface area (Å²) in [6, 6.07) is 6.11. The Morgan fingerprint density at radius 2 is 2.19 bits per heavy atom. The number of benzene rings is 1. The van der Waals surface area contributed by atoms with E-state index in [2.05, 4.69) is 6.07 Å². The fraction of sp³-hybridized carbons (Fsp3) is 0.647. The molecular formula is C17H22O4. The van der Waals surface area contributed by atoms with Gasteiger partial charge < -0.3 is 19.3 Å². The van der Waals surface area contributed by atoms with Gasteiger partial charge in [0.05, 0.1) is 24.9 Å². The molecule has 0 aromatic heterocycles. The maximum Gasteiger partial charge on any atom is 0.122 e. The molecule has 114 valence electrons. The quantitative estimate of drug-likeness (QED) is 0.907. The van der Waals surface area contributed by atoms with Crippen molar-refractivity contribution in [3.05, 3.63) is 29.3 Å². The van der Waals surface area contributed by atoms with Crippen molar-refractivity contribution in [2.24, 2.45) is 5.92 Å². The van der Waals surface area contributed by atoms with Gasteiger partial charge in [0.2, 0.25) is 0 Å². The molecule has 3 unspecified atom stereocenters. The van der Waals surface area contributed by atoms with E-state index in [1.54, 1.807) is 0 Å². The van der Waals surface area contributed by atoms with E-state index < -0.39 is 6.10 Å². The van der Waals surface area contributed by atoms with Gasteiger partial charge in [-0.05, 0) is 42.0 Å². The van der Waals surface area contributed by atoms with E-state index in [9.17, 15) is 5.11 Å². The van der Waals surface area contributed by atoms with Crippen molar-refractivity contribution < 1.29 is 19.3 Å². The third-order valence-electron chi connectivity index (χ3n) is 5.10. The Morgan fingerprint density at radius 1 is 1.24 bits per heavy atom.